The predicted molar refractivity (Wildman–Crippen MR) is 69.3 cm³/mol. The zero-order valence-corrected chi connectivity index (χ0v) is 11.4. The number of anilines is 1. The molecular formula is C12H14F2N2O5. The van der Waals surface area contributed by atoms with Crippen LogP contribution >= 0.6 is 0 Å². The third-order valence-electron chi connectivity index (χ3n) is 2.60. The standard InChI is InChI=1S/C12H14F2N2O5/c1-3-7-4-8(12(17)21-16(18)19)10(5-9(7)15-2)20-6-11(13)14/h4-5,11,15H,3,6H2,1-2H3. The van der Waals surface area contributed by atoms with Crippen LogP contribution in [0.25, 0.3) is 0 Å². The Balaban J connectivity index is 3.22. The van der Waals surface area contributed by atoms with Gasteiger partial charge in [-0.15, -0.1) is 10.1 Å². The van der Waals surface area contributed by atoms with E-state index in [1.807, 2.05) is 0 Å². The summed E-state index contributed by atoms with van der Waals surface area (Å²) in [6, 6.07) is 2.65. The lowest BCUT2D eigenvalue weighted by Crippen LogP contribution is -2.15. The SMILES string of the molecule is CCc1cc(C(=O)O[N+](=O)[O-])c(OCC(F)F)cc1NC. The van der Waals surface area contributed by atoms with Gasteiger partial charge in [-0.1, -0.05) is 6.92 Å². The lowest BCUT2D eigenvalue weighted by molar-refractivity contribution is -0.727. The van der Waals surface area contributed by atoms with Gasteiger partial charge in [0.25, 0.3) is 6.43 Å². The van der Waals surface area contributed by atoms with E-state index in [0.29, 0.717) is 17.7 Å². The fourth-order valence-electron chi connectivity index (χ4n) is 1.70. The second-order valence-corrected chi connectivity index (χ2v) is 3.91. The smallest absolute Gasteiger partial charge is 0.338 e. The first-order valence-corrected chi connectivity index (χ1v) is 6.01. The summed E-state index contributed by atoms with van der Waals surface area (Å²) in [5.74, 6) is -1.48. The van der Waals surface area contributed by atoms with E-state index in [4.69, 9.17) is 4.74 Å². The zero-order chi connectivity index (χ0) is 16.0. The summed E-state index contributed by atoms with van der Waals surface area (Å²) < 4.78 is 29.3. The third kappa shape index (κ3) is 4.55. The molecule has 7 nitrogen and oxygen atoms in total. The number of alkyl halides is 2. The molecule has 0 aliphatic carbocycles. The van der Waals surface area contributed by atoms with Crippen molar-refractivity contribution >= 4 is 11.7 Å². The highest BCUT2D eigenvalue weighted by Crippen LogP contribution is 2.29. The lowest BCUT2D eigenvalue weighted by atomic mass is 10.0. The van der Waals surface area contributed by atoms with Crippen molar-refractivity contribution in [2.75, 3.05) is 19.0 Å². The summed E-state index contributed by atoms with van der Waals surface area (Å²) in [6.45, 7) is 0.867. The minimum atomic E-state index is -2.74. The summed E-state index contributed by atoms with van der Waals surface area (Å²) >= 11 is 0. The number of hydrogen-bond acceptors (Lipinski definition) is 6. The van der Waals surface area contributed by atoms with Gasteiger partial charge < -0.3 is 10.1 Å². The Morgan fingerprint density at radius 3 is 2.62 bits per heavy atom. The van der Waals surface area contributed by atoms with Crippen molar-refractivity contribution in [1.29, 1.82) is 0 Å². The first-order chi connectivity index (χ1) is 9.88. The quantitative estimate of drug-likeness (QED) is 0.614. The molecule has 116 valence electrons. The van der Waals surface area contributed by atoms with Crippen LogP contribution in [-0.4, -0.2) is 31.1 Å². The maximum Gasteiger partial charge on any atom is 0.338 e. The van der Waals surface area contributed by atoms with E-state index >= 15 is 0 Å². The van der Waals surface area contributed by atoms with Crippen LogP contribution in [0.15, 0.2) is 12.1 Å². The third-order valence-corrected chi connectivity index (χ3v) is 2.60. The molecule has 0 aromatic heterocycles. The summed E-state index contributed by atoms with van der Waals surface area (Å²) in [5.41, 5.74) is 0.958. The molecule has 21 heavy (non-hydrogen) atoms. The normalized spacial score (nSPS) is 10.3. The van der Waals surface area contributed by atoms with Crippen LogP contribution in [0.1, 0.15) is 22.8 Å². The number of nitrogens with one attached hydrogen (secondary N) is 1. The summed E-state index contributed by atoms with van der Waals surface area (Å²) in [7, 11) is 1.61. The average molecular weight is 304 g/mol. The Labute approximate surface area is 118 Å². The number of benzene rings is 1. The van der Waals surface area contributed by atoms with Gasteiger partial charge in [0.05, 0.1) is 5.56 Å². The van der Waals surface area contributed by atoms with E-state index in [0.717, 1.165) is 0 Å². The van der Waals surface area contributed by atoms with Gasteiger partial charge in [0.1, 0.15) is 12.4 Å². The molecule has 0 heterocycles. The molecule has 0 aliphatic rings. The molecule has 0 amide bonds. The molecular weight excluding hydrogens is 290 g/mol. The predicted octanol–water partition coefficient (Wildman–Crippen LogP) is 2.28. The Bertz CT molecular complexity index is 537. The van der Waals surface area contributed by atoms with Gasteiger partial charge in [-0.2, -0.15) is 0 Å². The number of hydrogen-bond donors (Lipinski definition) is 1. The van der Waals surface area contributed by atoms with Gasteiger partial charge in [-0.05, 0) is 18.1 Å². The van der Waals surface area contributed by atoms with Crippen molar-refractivity contribution in [3.63, 3.8) is 0 Å². The molecule has 0 aliphatic heterocycles. The van der Waals surface area contributed by atoms with Gasteiger partial charge in [0, 0.05) is 18.8 Å². The molecule has 0 spiro atoms. The Morgan fingerprint density at radius 2 is 2.14 bits per heavy atom. The van der Waals surface area contributed by atoms with Gasteiger partial charge in [0.2, 0.25) is 0 Å². The van der Waals surface area contributed by atoms with Crippen LogP contribution in [0.4, 0.5) is 14.5 Å². The number of rotatable bonds is 7. The molecule has 0 unspecified atom stereocenters. The van der Waals surface area contributed by atoms with Gasteiger partial charge in [-0.25, -0.2) is 13.6 Å². The van der Waals surface area contributed by atoms with E-state index in [1.54, 1.807) is 14.0 Å². The molecule has 1 aromatic rings. The highest BCUT2D eigenvalue weighted by molar-refractivity contribution is 5.93. The monoisotopic (exact) mass is 304 g/mol. The lowest BCUT2D eigenvalue weighted by Gasteiger charge is -2.15. The van der Waals surface area contributed by atoms with E-state index in [-0.39, 0.29) is 11.3 Å². The molecule has 0 radical (unpaired) electrons. The fourth-order valence-corrected chi connectivity index (χ4v) is 1.70. The molecule has 0 saturated carbocycles. The largest absolute Gasteiger partial charge is 0.487 e. The molecule has 9 heteroatoms. The first-order valence-electron chi connectivity index (χ1n) is 6.01. The summed E-state index contributed by atoms with van der Waals surface area (Å²) in [4.78, 5) is 25.7. The van der Waals surface area contributed by atoms with Crippen LogP contribution in [0.3, 0.4) is 0 Å². The fraction of sp³-hybridized carbons (Fsp3) is 0.417. The zero-order valence-electron chi connectivity index (χ0n) is 11.4. The number of halogens is 2. The van der Waals surface area contributed by atoms with Gasteiger partial charge >= 0.3 is 11.1 Å². The summed E-state index contributed by atoms with van der Waals surface area (Å²) in [5, 5.41) is 11.8. The molecule has 1 N–H and O–H groups in total. The van der Waals surface area contributed by atoms with Crippen molar-refractivity contribution in [3.05, 3.63) is 33.4 Å². The van der Waals surface area contributed by atoms with Crippen LogP contribution < -0.4 is 10.1 Å². The number of carbonyl (C=O) groups is 1. The van der Waals surface area contributed by atoms with Crippen LogP contribution in [0.5, 0.6) is 5.75 Å². The van der Waals surface area contributed by atoms with E-state index < -0.39 is 24.1 Å². The number of nitrogens with zero attached hydrogens (tertiary/aromatic N) is 1. The minimum Gasteiger partial charge on any atom is -0.487 e. The molecule has 1 rings (SSSR count). The number of aryl methyl sites for hydroxylation is 1. The van der Waals surface area contributed by atoms with Crippen molar-refractivity contribution < 1.29 is 28.2 Å². The highest BCUT2D eigenvalue weighted by atomic mass is 19.3. The molecule has 0 bridgehead atoms. The Hall–Kier alpha value is -2.45. The summed E-state index contributed by atoms with van der Waals surface area (Å²) in [6.07, 6.45) is -2.22. The van der Waals surface area contributed by atoms with E-state index in [9.17, 15) is 23.7 Å². The number of carbonyl (C=O) groups excluding carboxylic acids is 1. The number of ether oxygens (including phenoxy) is 1. The molecule has 0 saturated heterocycles. The molecule has 0 atom stereocenters. The van der Waals surface area contributed by atoms with Crippen LogP contribution in [0.2, 0.25) is 0 Å². The van der Waals surface area contributed by atoms with Gasteiger partial charge in [0.15, 0.2) is 0 Å². The highest BCUT2D eigenvalue weighted by Gasteiger charge is 2.20. The molecule has 0 fully saturated rings. The maximum absolute atomic E-state index is 12.2. The second kappa shape index (κ2) is 7.36. The minimum absolute atomic E-state index is 0.205. The topological polar surface area (TPSA) is 90.7 Å². The average Bonchev–Trinajstić information content (AvgIpc) is 2.43. The van der Waals surface area contributed by atoms with Crippen molar-refractivity contribution in [1.82, 2.24) is 0 Å². The maximum atomic E-state index is 12.2. The second-order valence-electron chi connectivity index (χ2n) is 3.91. The van der Waals surface area contributed by atoms with Crippen molar-refractivity contribution in [2.24, 2.45) is 0 Å². The van der Waals surface area contributed by atoms with Crippen LogP contribution in [-0.2, 0) is 11.3 Å². The van der Waals surface area contributed by atoms with E-state index in [1.165, 1.54) is 12.1 Å². The van der Waals surface area contributed by atoms with Gasteiger partial charge in [-0.3, -0.25) is 4.79 Å². The van der Waals surface area contributed by atoms with Crippen molar-refractivity contribution in [3.8, 4) is 5.75 Å². The first kappa shape index (κ1) is 16.6. The Morgan fingerprint density at radius 1 is 1.48 bits per heavy atom. The van der Waals surface area contributed by atoms with E-state index in [2.05, 4.69) is 10.2 Å². The Kier molecular flexibility index (Phi) is 5.82. The van der Waals surface area contributed by atoms with Crippen LogP contribution in [0, 0.1) is 10.1 Å². The van der Waals surface area contributed by atoms with Crippen molar-refractivity contribution in [2.45, 2.75) is 19.8 Å². The molecule has 1 aromatic carbocycles.